The van der Waals surface area contributed by atoms with Crippen molar-refractivity contribution in [3.8, 4) is 6.07 Å². The number of rotatable bonds is 4. The number of halogens is 1. The molecule has 0 aromatic heterocycles. The Labute approximate surface area is 180 Å². The molecule has 152 valence electrons. The van der Waals surface area contributed by atoms with Gasteiger partial charge in [0, 0.05) is 16.6 Å². The van der Waals surface area contributed by atoms with E-state index < -0.39 is 5.91 Å². The molecule has 0 unspecified atom stereocenters. The minimum atomic E-state index is -0.462. The van der Waals surface area contributed by atoms with Crippen molar-refractivity contribution in [2.24, 2.45) is 0 Å². The summed E-state index contributed by atoms with van der Waals surface area (Å²) in [6.45, 7) is 0.333. The van der Waals surface area contributed by atoms with Crippen LogP contribution >= 0.6 is 11.6 Å². The highest BCUT2D eigenvalue weighted by atomic mass is 35.5. The normalized spacial score (nSPS) is 18.0. The summed E-state index contributed by atoms with van der Waals surface area (Å²) in [7, 11) is 0. The Morgan fingerprint density at radius 1 is 1.10 bits per heavy atom. The van der Waals surface area contributed by atoms with Crippen LogP contribution in [0.3, 0.4) is 0 Å². The number of nitrogens with zero attached hydrogens (tertiary/aromatic N) is 2. The number of hydrogen-bond donors (Lipinski definition) is 1. The van der Waals surface area contributed by atoms with Crippen molar-refractivity contribution in [1.29, 1.82) is 5.26 Å². The number of nitrogens with one attached hydrogen (secondary N) is 1. The molecule has 0 radical (unpaired) electrons. The van der Waals surface area contributed by atoms with Gasteiger partial charge in [0.2, 0.25) is 0 Å². The van der Waals surface area contributed by atoms with Crippen molar-refractivity contribution in [3.05, 3.63) is 70.3 Å². The Balaban J connectivity index is 1.68. The molecule has 1 saturated carbocycles. The molecule has 30 heavy (non-hydrogen) atoms. The molecule has 0 spiro atoms. The van der Waals surface area contributed by atoms with Gasteiger partial charge < -0.3 is 10.2 Å². The Morgan fingerprint density at radius 2 is 1.80 bits per heavy atom. The molecule has 1 fully saturated rings. The first-order valence-electron chi connectivity index (χ1n) is 10.2. The van der Waals surface area contributed by atoms with E-state index in [2.05, 4.69) is 5.32 Å². The molecule has 6 heteroatoms. The number of nitriles is 1. The monoisotopic (exact) mass is 419 g/mol. The maximum atomic E-state index is 13.3. The molecule has 0 saturated heterocycles. The summed E-state index contributed by atoms with van der Waals surface area (Å²) in [5.74, 6) is -0.794. The summed E-state index contributed by atoms with van der Waals surface area (Å²) in [6.07, 6.45) is 5.13. The highest BCUT2D eigenvalue weighted by molar-refractivity contribution is 6.37. The van der Waals surface area contributed by atoms with Crippen LogP contribution in [-0.4, -0.2) is 17.9 Å². The fourth-order valence-corrected chi connectivity index (χ4v) is 4.30. The second-order valence-electron chi connectivity index (χ2n) is 7.71. The van der Waals surface area contributed by atoms with Crippen molar-refractivity contribution in [3.63, 3.8) is 0 Å². The lowest BCUT2D eigenvalue weighted by molar-refractivity contribution is -0.118. The lowest BCUT2D eigenvalue weighted by atomic mass is 9.94. The van der Waals surface area contributed by atoms with E-state index >= 15 is 0 Å². The molecule has 2 aromatic carbocycles. The average molecular weight is 420 g/mol. The van der Waals surface area contributed by atoms with Crippen LogP contribution in [0, 0.1) is 11.3 Å². The molecule has 1 aliphatic carbocycles. The van der Waals surface area contributed by atoms with Crippen LogP contribution in [0.1, 0.15) is 43.2 Å². The van der Waals surface area contributed by atoms with E-state index in [0.29, 0.717) is 22.8 Å². The summed E-state index contributed by atoms with van der Waals surface area (Å²) >= 11 is 5.97. The maximum absolute atomic E-state index is 13.3. The fraction of sp³-hybridized carbons (Fsp3) is 0.292. The number of carbonyl (C=O) groups excluding carboxylic acids is 2. The van der Waals surface area contributed by atoms with Gasteiger partial charge in [0.15, 0.2) is 0 Å². The minimum absolute atomic E-state index is 0.0621. The summed E-state index contributed by atoms with van der Waals surface area (Å²) in [5.41, 5.74) is 2.29. The Bertz CT molecular complexity index is 1050. The van der Waals surface area contributed by atoms with Crippen molar-refractivity contribution < 1.29 is 9.59 Å². The molecule has 2 aliphatic rings. The minimum Gasteiger partial charge on any atom is -0.349 e. The van der Waals surface area contributed by atoms with Gasteiger partial charge in [-0.3, -0.25) is 9.59 Å². The number of hydrogen-bond acceptors (Lipinski definition) is 3. The molecule has 0 atom stereocenters. The zero-order chi connectivity index (χ0) is 21.1. The topological polar surface area (TPSA) is 73.2 Å². The predicted octanol–water partition coefficient (Wildman–Crippen LogP) is 4.61. The molecule has 1 heterocycles. The van der Waals surface area contributed by atoms with Gasteiger partial charge >= 0.3 is 0 Å². The van der Waals surface area contributed by atoms with Crippen LogP contribution in [0.15, 0.2) is 54.1 Å². The van der Waals surface area contributed by atoms with Crippen molar-refractivity contribution in [2.45, 2.75) is 44.7 Å². The fourth-order valence-electron chi connectivity index (χ4n) is 4.18. The highest BCUT2D eigenvalue weighted by Gasteiger charge is 2.36. The zero-order valence-corrected chi connectivity index (χ0v) is 17.3. The van der Waals surface area contributed by atoms with Crippen LogP contribution in [0.2, 0.25) is 5.02 Å². The van der Waals surface area contributed by atoms with Gasteiger partial charge in [-0.15, -0.1) is 0 Å². The van der Waals surface area contributed by atoms with Crippen LogP contribution in [-0.2, 0) is 16.1 Å². The average Bonchev–Trinajstić information content (AvgIpc) is 3.03. The summed E-state index contributed by atoms with van der Waals surface area (Å²) in [6, 6.07) is 16.6. The Kier molecular flexibility index (Phi) is 5.87. The summed E-state index contributed by atoms with van der Waals surface area (Å²) in [5, 5.41) is 13.4. The predicted molar refractivity (Wildman–Crippen MR) is 117 cm³/mol. The van der Waals surface area contributed by atoms with Gasteiger partial charge in [-0.25, -0.2) is 0 Å². The van der Waals surface area contributed by atoms with Gasteiger partial charge in [0.1, 0.15) is 11.6 Å². The Morgan fingerprint density at radius 3 is 2.50 bits per heavy atom. The second-order valence-corrected chi connectivity index (χ2v) is 8.14. The molecule has 5 nitrogen and oxygen atoms in total. The number of para-hydroxylation sites is 1. The van der Waals surface area contributed by atoms with Crippen LogP contribution in [0.25, 0.3) is 5.57 Å². The summed E-state index contributed by atoms with van der Waals surface area (Å²) < 4.78 is 0. The van der Waals surface area contributed by atoms with E-state index in [1.807, 2.05) is 36.4 Å². The highest BCUT2D eigenvalue weighted by Crippen LogP contribution is 2.39. The molecule has 4 rings (SSSR count). The second kappa shape index (κ2) is 8.73. The third-order valence-electron chi connectivity index (χ3n) is 5.71. The van der Waals surface area contributed by atoms with E-state index in [1.54, 1.807) is 23.1 Å². The van der Waals surface area contributed by atoms with Gasteiger partial charge in [-0.2, -0.15) is 5.26 Å². The van der Waals surface area contributed by atoms with E-state index in [1.165, 1.54) is 6.42 Å². The van der Waals surface area contributed by atoms with Crippen LogP contribution in [0.4, 0.5) is 5.69 Å². The molecule has 1 N–H and O–H groups in total. The molecular formula is C24H22ClN3O2. The third kappa shape index (κ3) is 3.96. The summed E-state index contributed by atoms with van der Waals surface area (Å²) in [4.78, 5) is 27.9. The number of anilines is 1. The maximum Gasteiger partial charge on any atom is 0.263 e. The molecule has 0 bridgehead atoms. The lowest BCUT2D eigenvalue weighted by Crippen LogP contribution is -2.37. The van der Waals surface area contributed by atoms with Crippen molar-refractivity contribution >= 4 is 34.7 Å². The number of benzene rings is 2. The quantitative estimate of drug-likeness (QED) is 0.580. The van der Waals surface area contributed by atoms with Crippen LogP contribution < -0.4 is 10.2 Å². The first kappa shape index (κ1) is 20.2. The first-order valence-corrected chi connectivity index (χ1v) is 10.6. The van der Waals surface area contributed by atoms with E-state index in [4.69, 9.17) is 11.6 Å². The Hall–Kier alpha value is -3.10. The molecule has 2 aromatic rings. The van der Waals surface area contributed by atoms with E-state index in [9.17, 15) is 14.9 Å². The third-order valence-corrected chi connectivity index (χ3v) is 5.96. The van der Waals surface area contributed by atoms with Gasteiger partial charge in [-0.05, 0) is 36.6 Å². The van der Waals surface area contributed by atoms with Crippen molar-refractivity contribution in [2.75, 3.05) is 4.90 Å². The van der Waals surface area contributed by atoms with E-state index in [-0.39, 0.29) is 23.1 Å². The number of amides is 2. The van der Waals surface area contributed by atoms with Crippen molar-refractivity contribution in [1.82, 2.24) is 5.32 Å². The number of fused-ring (bicyclic) bond motifs is 1. The molecular weight excluding hydrogens is 398 g/mol. The standard InChI is InChI=1S/C24H22ClN3O2/c25-17-12-10-16(11-13-17)15-28-21-9-5-4-8-19(21)22(24(28)30)20(14-26)23(29)27-18-6-2-1-3-7-18/h4-5,8-13,18H,1-3,6-7,15H2,(H,27,29). The van der Waals surface area contributed by atoms with Crippen LogP contribution in [0.5, 0.6) is 0 Å². The van der Waals surface area contributed by atoms with Gasteiger partial charge in [-0.1, -0.05) is 61.2 Å². The SMILES string of the molecule is N#CC(C(=O)NC1CCCCC1)=C1C(=O)N(Cc2ccc(Cl)cc2)c2ccccc21. The van der Waals surface area contributed by atoms with Gasteiger partial charge in [0.05, 0.1) is 17.8 Å². The van der Waals surface area contributed by atoms with Gasteiger partial charge in [0.25, 0.3) is 11.8 Å². The smallest absolute Gasteiger partial charge is 0.263 e. The lowest BCUT2D eigenvalue weighted by Gasteiger charge is -2.22. The number of carbonyl (C=O) groups is 2. The largest absolute Gasteiger partial charge is 0.349 e. The molecule has 1 aliphatic heterocycles. The molecule has 2 amide bonds. The van der Waals surface area contributed by atoms with E-state index in [0.717, 1.165) is 31.2 Å². The first-order chi connectivity index (χ1) is 14.6. The zero-order valence-electron chi connectivity index (χ0n) is 16.5.